The van der Waals surface area contributed by atoms with Crippen molar-refractivity contribution in [2.45, 2.75) is 19.3 Å². The normalized spacial score (nSPS) is 15.2. The molecule has 4 aromatic rings. The molecular weight excluding hydrogens is 347 g/mol. The highest BCUT2D eigenvalue weighted by Crippen LogP contribution is 2.36. The molecule has 0 aliphatic carbocycles. The number of fused-ring (bicyclic) bond motifs is 4. The van der Waals surface area contributed by atoms with Gasteiger partial charge in [0.05, 0.1) is 15.6 Å². The van der Waals surface area contributed by atoms with Gasteiger partial charge in [-0.15, -0.1) is 11.3 Å². The van der Waals surface area contributed by atoms with E-state index in [1.54, 1.807) is 6.07 Å². The van der Waals surface area contributed by atoms with Gasteiger partial charge in [-0.1, -0.05) is 18.2 Å². The maximum atomic E-state index is 13.7. The highest BCUT2D eigenvalue weighted by Gasteiger charge is 2.20. The van der Waals surface area contributed by atoms with Gasteiger partial charge in [0.2, 0.25) is 0 Å². The molecule has 0 amide bonds. The zero-order chi connectivity index (χ0) is 17.7. The summed E-state index contributed by atoms with van der Waals surface area (Å²) in [4.78, 5) is 20.5. The molecule has 2 aromatic carbocycles. The van der Waals surface area contributed by atoms with Crippen LogP contribution in [0.1, 0.15) is 19.3 Å². The predicted molar refractivity (Wildman–Crippen MR) is 107 cm³/mol. The third-order valence-electron chi connectivity index (χ3n) is 5.11. The Hall–Kier alpha value is -2.53. The Morgan fingerprint density at radius 2 is 1.81 bits per heavy atom. The number of nitrogens with zero attached hydrogens (tertiary/aromatic N) is 2. The lowest BCUT2D eigenvalue weighted by Gasteiger charge is -2.28. The van der Waals surface area contributed by atoms with Crippen LogP contribution in [0.2, 0.25) is 0 Å². The molecule has 1 saturated heterocycles. The van der Waals surface area contributed by atoms with E-state index < -0.39 is 0 Å². The van der Waals surface area contributed by atoms with E-state index in [9.17, 15) is 9.18 Å². The van der Waals surface area contributed by atoms with Gasteiger partial charge in [0.1, 0.15) is 11.6 Å². The Balaban J connectivity index is 1.96. The van der Waals surface area contributed by atoms with Crippen molar-refractivity contribution in [3.63, 3.8) is 0 Å². The highest BCUT2D eigenvalue weighted by atomic mass is 32.1. The fraction of sp³-hybridized carbons (Fsp3) is 0.238. The van der Waals surface area contributed by atoms with Crippen molar-refractivity contribution in [2.24, 2.45) is 0 Å². The predicted octanol–water partition coefficient (Wildman–Crippen LogP) is 5.09. The molecule has 0 radical (unpaired) electrons. The molecule has 0 spiro atoms. The zero-order valence-corrected chi connectivity index (χ0v) is 15.0. The topological polar surface area (TPSA) is 33.2 Å². The van der Waals surface area contributed by atoms with Gasteiger partial charge in [0.15, 0.2) is 5.43 Å². The van der Waals surface area contributed by atoms with Crippen LogP contribution >= 0.6 is 11.3 Å². The number of rotatable bonds is 1. The van der Waals surface area contributed by atoms with Crippen molar-refractivity contribution in [3.05, 3.63) is 58.5 Å². The monoisotopic (exact) mass is 364 g/mol. The van der Waals surface area contributed by atoms with E-state index in [1.807, 2.05) is 24.3 Å². The van der Waals surface area contributed by atoms with Gasteiger partial charge >= 0.3 is 0 Å². The van der Waals surface area contributed by atoms with Gasteiger partial charge in [0.25, 0.3) is 0 Å². The van der Waals surface area contributed by atoms with E-state index in [0.717, 1.165) is 52.1 Å². The highest BCUT2D eigenvalue weighted by molar-refractivity contribution is 7.25. The summed E-state index contributed by atoms with van der Waals surface area (Å²) in [6, 6.07) is 12.2. The van der Waals surface area contributed by atoms with E-state index in [4.69, 9.17) is 4.98 Å². The number of aromatic nitrogens is 1. The number of para-hydroxylation sites is 1. The summed E-state index contributed by atoms with van der Waals surface area (Å²) >= 11 is 1.54. The minimum Gasteiger partial charge on any atom is -0.355 e. The zero-order valence-electron chi connectivity index (χ0n) is 14.2. The summed E-state index contributed by atoms with van der Waals surface area (Å²) in [5.74, 6) is 0.516. The number of benzene rings is 2. The lowest BCUT2D eigenvalue weighted by molar-refractivity contribution is 0.575. The Bertz CT molecular complexity index is 1210. The summed E-state index contributed by atoms with van der Waals surface area (Å²) in [5.41, 5.74) is 0.714. The van der Waals surface area contributed by atoms with Gasteiger partial charge in [0, 0.05) is 28.6 Å². The van der Waals surface area contributed by atoms with Crippen molar-refractivity contribution in [1.29, 1.82) is 0 Å². The molecule has 1 aliphatic rings. The smallest absolute Gasteiger partial charge is 0.196 e. The first kappa shape index (κ1) is 15.7. The van der Waals surface area contributed by atoms with Gasteiger partial charge < -0.3 is 4.90 Å². The van der Waals surface area contributed by atoms with Crippen LogP contribution in [0.15, 0.2) is 47.3 Å². The molecule has 0 unspecified atom stereocenters. The number of hydrogen-bond donors (Lipinski definition) is 0. The molecule has 0 N–H and O–H groups in total. The van der Waals surface area contributed by atoms with Gasteiger partial charge in [-0.25, -0.2) is 9.37 Å². The van der Waals surface area contributed by atoms with Crippen LogP contribution in [-0.2, 0) is 0 Å². The molecular formula is C21H17FN2OS. The van der Waals surface area contributed by atoms with E-state index in [2.05, 4.69) is 4.90 Å². The summed E-state index contributed by atoms with van der Waals surface area (Å²) in [5, 5.41) is 1.96. The number of pyridine rings is 1. The summed E-state index contributed by atoms with van der Waals surface area (Å²) in [6.07, 6.45) is 3.52. The summed E-state index contributed by atoms with van der Waals surface area (Å²) in [7, 11) is 0. The van der Waals surface area contributed by atoms with Crippen LogP contribution in [0.25, 0.3) is 31.1 Å². The van der Waals surface area contributed by atoms with Crippen LogP contribution in [0.4, 0.5) is 10.2 Å². The Morgan fingerprint density at radius 3 is 2.65 bits per heavy atom. The lowest BCUT2D eigenvalue weighted by Crippen LogP contribution is -2.30. The molecule has 2 aromatic heterocycles. The van der Waals surface area contributed by atoms with Crippen molar-refractivity contribution >= 4 is 48.2 Å². The maximum absolute atomic E-state index is 13.7. The molecule has 1 fully saturated rings. The van der Waals surface area contributed by atoms with Crippen LogP contribution < -0.4 is 10.3 Å². The molecule has 1 aliphatic heterocycles. The molecule has 26 heavy (non-hydrogen) atoms. The standard InChI is InChI=1S/C21H17FN2OS/c22-13-8-9-17-15(12-13)19(25)18-14-6-2-3-7-16(14)23-21(20(18)26-17)24-10-4-1-5-11-24/h2-3,6-9,12H,1,4-5,10-11H2. The quantitative estimate of drug-likeness (QED) is 0.348. The van der Waals surface area contributed by atoms with E-state index >= 15 is 0 Å². The third kappa shape index (κ3) is 2.38. The number of anilines is 1. The van der Waals surface area contributed by atoms with E-state index in [1.165, 1.54) is 29.9 Å². The van der Waals surface area contributed by atoms with Crippen LogP contribution in [0.3, 0.4) is 0 Å². The Morgan fingerprint density at radius 1 is 1.00 bits per heavy atom. The molecule has 0 saturated carbocycles. The average molecular weight is 364 g/mol. The fourth-order valence-electron chi connectivity index (χ4n) is 3.84. The molecule has 5 rings (SSSR count). The summed E-state index contributed by atoms with van der Waals surface area (Å²) < 4.78 is 15.5. The van der Waals surface area contributed by atoms with Crippen molar-refractivity contribution in [1.82, 2.24) is 4.98 Å². The van der Waals surface area contributed by atoms with Crippen LogP contribution in [-0.4, -0.2) is 18.1 Å². The SMILES string of the molecule is O=c1c2cc(F)ccc2sc2c(N3CCCCC3)nc3ccccc3c12. The Kier molecular flexibility index (Phi) is 3.64. The fourth-order valence-corrected chi connectivity index (χ4v) is 5.03. The largest absolute Gasteiger partial charge is 0.355 e. The average Bonchev–Trinajstić information content (AvgIpc) is 2.68. The van der Waals surface area contributed by atoms with Crippen LogP contribution in [0.5, 0.6) is 0 Å². The number of hydrogen-bond acceptors (Lipinski definition) is 4. The number of halogens is 1. The van der Waals surface area contributed by atoms with Crippen molar-refractivity contribution in [3.8, 4) is 0 Å². The van der Waals surface area contributed by atoms with Crippen LogP contribution in [0, 0.1) is 5.82 Å². The molecule has 3 heterocycles. The first-order valence-corrected chi connectivity index (χ1v) is 9.74. The van der Waals surface area contributed by atoms with E-state index in [0.29, 0.717) is 10.8 Å². The second-order valence-electron chi connectivity index (χ2n) is 6.78. The lowest BCUT2D eigenvalue weighted by atomic mass is 10.1. The second-order valence-corrected chi connectivity index (χ2v) is 7.83. The molecule has 0 bridgehead atoms. The minimum atomic E-state index is -0.379. The minimum absolute atomic E-state index is 0.106. The van der Waals surface area contributed by atoms with Crippen molar-refractivity contribution in [2.75, 3.05) is 18.0 Å². The first-order chi connectivity index (χ1) is 12.7. The molecule has 5 heteroatoms. The number of piperidine rings is 1. The van der Waals surface area contributed by atoms with Gasteiger partial charge in [-0.05, 0) is 43.5 Å². The maximum Gasteiger partial charge on any atom is 0.196 e. The van der Waals surface area contributed by atoms with Crippen molar-refractivity contribution < 1.29 is 4.39 Å². The summed E-state index contributed by atoms with van der Waals surface area (Å²) in [6.45, 7) is 1.92. The third-order valence-corrected chi connectivity index (χ3v) is 6.28. The van der Waals surface area contributed by atoms with Gasteiger partial charge in [-0.3, -0.25) is 4.79 Å². The first-order valence-electron chi connectivity index (χ1n) is 8.92. The van der Waals surface area contributed by atoms with Gasteiger partial charge in [-0.2, -0.15) is 0 Å². The Labute approximate surface area is 153 Å². The molecule has 0 atom stereocenters. The van der Waals surface area contributed by atoms with E-state index in [-0.39, 0.29) is 11.2 Å². The molecule has 3 nitrogen and oxygen atoms in total. The second kappa shape index (κ2) is 6.02. The molecule has 130 valence electrons.